The van der Waals surface area contributed by atoms with Crippen molar-refractivity contribution in [1.29, 1.82) is 0 Å². The lowest BCUT2D eigenvalue weighted by Crippen LogP contribution is -2.24. The number of carbonyl (C=O) groups excluding carboxylic acids is 1. The van der Waals surface area contributed by atoms with Crippen molar-refractivity contribution in [3.63, 3.8) is 0 Å². The van der Waals surface area contributed by atoms with Crippen molar-refractivity contribution in [1.82, 2.24) is 19.8 Å². The Morgan fingerprint density at radius 1 is 1.10 bits per heavy atom. The molecule has 0 atom stereocenters. The Balaban J connectivity index is 1.54. The number of aromatic nitrogens is 2. The molecule has 0 fully saturated rings. The van der Waals surface area contributed by atoms with Crippen LogP contribution < -0.4 is 10.0 Å². The standard InChI is InChI=1S/C21H20F2N4O3S/c1-24-31(29,30)15-8-5-13(6-9-15)12-25-21(28)20-16-3-2-4-19(16)27(26-20)14-7-10-17(22)18(23)11-14/h5-11,24H,2-4,12H2,1H3,(H,25,28). The number of hydrogen-bond acceptors (Lipinski definition) is 4. The average molecular weight is 446 g/mol. The summed E-state index contributed by atoms with van der Waals surface area (Å²) in [6.45, 7) is 0.186. The SMILES string of the molecule is CNS(=O)(=O)c1ccc(CNC(=O)c2nn(-c3ccc(F)c(F)c3)c3c2CCC3)cc1. The first-order valence-corrected chi connectivity index (χ1v) is 11.2. The molecule has 4 rings (SSSR count). The van der Waals surface area contributed by atoms with Crippen molar-refractivity contribution in [2.45, 2.75) is 30.7 Å². The van der Waals surface area contributed by atoms with Gasteiger partial charge in [0.05, 0.1) is 10.6 Å². The van der Waals surface area contributed by atoms with Crippen LogP contribution in [0.15, 0.2) is 47.4 Å². The Morgan fingerprint density at radius 2 is 1.84 bits per heavy atom. The van der Waals surface area contributed by atoms with E-state index in [-0.39, 0.29) is 23.0 Å². The van der Waals surface area contributed by atoms with Crippen molar-refractivity contribution in [2.75, 3.05) is 7.05 Å². The highest BCUT2D eigenvalue weighted by Gasteiger charge is 2.27. The van der Waals surface area contributed by atoms with Crippen LogP contribution in [-0.4, -0.2) is 31.2 Å². The molecule has 0 saturated carbocycles. The van der Waals surface area contributed by atoms with Gasteiger partial charge in [-0.1, -0.05) is 12.1 Å². The van der Waals surface area contributed by atoms with Gasteiger partial charge in [0.15, 0.2) is 17.3 Å². The summed E-state index contributed by atoms with van der Waals surface area (Å²) in [7, 11) is -2.19. The second-order valence-corrected chi connectivity index (χ2v) is 9.06. The first-order valence-electron chi connectivity index (χ1n) is 9.67. The van der Waals surface area contributed by atoms with Crippen LogP contribution in [0.3, 0.4) is 0 Å². The van der Waals surface area contributed by atoms with Crippen LogP contribution in [0, 0.1) is 11.6 Å². The largest absolute Gasteiger partial charge is 0.347 e. The molecule has 10 heteroatoms. The molecular weight excluding hydrogens is 426 g/mol. The molecule has 0 saturated heterocycles. The van der Waals surface area contributed by atoms with E-state index in [1.807, 2.05) is 0 Å². The monoisotopic (exact) mass is 446 g/mol. The van der Waals surface area contributed by atoms with Gasteiger partial charge >= 0.3 is 0 Å². The van der Waals surface area contributed by atoms with E-state index in [1.54, 1.807) is 12.1 Å². The predicted molar refractivity (Wildman–Crippen MR) is 109 cm³/mol. The number of sulfonamides is 1. The lowest BCUT2D eigenvalue weighted by Gasteiger charge is -2.07. The van der Waals surface area contributed by atoms with E-state index in [4.69, 9.17) is 0 Å². The van der Waals surface area contributed by atoms with Crippen LogP contribution in [0.1, 0.15) is 33.7 Å². The molecule has 1 aliphatic carbocycles. The normalized spacial score (nSPS) is 13.3. The first-order chi connectivity index (χ1) is 14.8. The minimum absolute atomic E-state index is 0.133. The molecular formula is C21H20F2N4O3S. The number of halogens is 2. The van der Waals surface area contributed by atoms with Crippen molar-refractivity contribution >= 4 is 15.9 Å². The van der Waals surface area contributed by atoms with Crippen molar-refractivity contribution in [2.24, 2.45) is 0 Å². The Labute approximate surface area is 178 Å². The molecule has 0 spiro atoms. The quantitative estimate of drug-likeness (QED) is 0.609. The van der Waals surface area contributed by atoms with E-state index >= 15 is 0 Å². The Kier molecular flexibility index (Phi) is 5.59. The van der Waals surface area contributed by atoms with Crippen LogP contribution >= 0.6 is 0 Å². The van der Waals surface area contributed by atoms with E-state index in [0.717, 1.165) is 35.4 Å². The molecule has 0 unspecified atom stereocenters. The third kappa shape index (κ3) is 4.08. The maximum Gasteiger partial charge on any atom is 0.272 e. The number of hydrogen-bond donors (Lipinski definition) is 2. The van der Waals surface area contributed by atoms with Gasteiger partial charge in [-0.25, -0.2) is 26.6 Å². The molecule has 162 valence electrons. The number of benzene rings is 2. The Bertz CT molecular complexity index is 1250. The van der Waals surface area contributed by atoms with Crippen molar-refractivity contribution in [3.8, 4) is 5.69 Å². The van der Waals surface area contributed by atoms with E-state index in [2.05, 4.69) is 15.1 Å². The maximum absolute atomic E-state index is 13.7. The van der Waals surface area contributed by atoms with Crippen LogP contribution in [-0.2, 0) is 29.4 Å². The van der Waals surface area contributed by atoms with Gasteiger partial charge in [-0.2, -0.15) is 5.10 Å². The summed E-state index contributed by atoms with van der Waals surface area (Å²) >= 11 is 0. The number of amides is 1. The molecule has 0 radical (unpaired) electrons. The zero-order chi connectivity index (χ0) is 22.2. The van der Waals surface area contributed by atoms with E-state index in [0.29, 0.717) is 18.5 Å². The summed E-state index contributed by atoms with van der Waals surface area (Å²) in [6.07, 6.45) is 2.22. The van der Waals surface area contributed by atoms with Gasteiger partial charge in [0.1, 0.15) is 0 Å². The smallest absolute Gasteiger partial charge is 0.272 e. The maximum atomic E-state index is 13.7. The molecule has 7 nitrogen and oxygen atoms in total. The highest BCUT2D eigenvalue weighted by Crippen LogP contribution is 2.28. The van der Waals surface area contributed by atoms with E-state index in [1.165, 1.54) is 29.9 Å². The number of fused-ring (bicyclic) bond motifs is 1. The summed E-state index contributed by atoms with van der Waals surface area (Å²) in [6, 6.07) is 9.68. The molecule has 1 heterocycles. The van der Waals surface area contributed by atoms with Gasteiger partial charge in [-0.3, -0.25) is 4.79 Å². The van der Waals surface area contributed by atoms with Gasteiger partial charge in [0.2, 0.25) is 10.0 Å². The zero-order valence-electron chi connectivity index (χ0n) is 16.7. The molecule has 3 aromatic rings. The average Bonchev–Trinajstić information content (AvgIpc) is 3.37. The summed E-state index contributed by atoms with van der Waals surface area (Å²) in [5.74, 6) is -2.31. The summed E-state index contributed by atoms with van der Waals surface area (Å²) < 4.78 is 54.3. The predicted octanol–water partition coefficient (Wildman–Crippen LogP) is 2.48. The highest BCUT2D eigenvalue weighted by molar-refractivity contribution is 7.89. The fourth-order valence-electron chi connectivity index (χ4n) is 3.62. The van der Waals surface area contributed by atoms with Crippen LogP contribution in [0.2, 0.25) is 0 Å². The van der Waals surface area contributed by atoms with Crippen LogP contribution in [0.25, 0.3) is 5.69 Å². The summed E-state index contributed by atoms with van der Waals surface area (Å²) in [5, 5.41) is 7.16. The molecule has 31 heavy (non-hydrogen) atoms. The third-order valence-corrected chi connectivity index (χ3v) is 6.68. The molecule has 1 aliphatic rings. The molecule has 2 N–H and O–H groups in total. The second kappa shape index (κ2) is 8.20. The van der Waals surface area contributed by atoms with Gasteiger partial charge in [-0.05, 0) is 56.1 Å². The fourth-order valence-corrected chi connectivity index (χ4v) is 4.35. The lowest BCUT2D eigenvalue weighted by molar-refractivity contribution is 0.0944. The number of nitrogens with one attached hydrogen (secondary N) is 2. The van der Waals surface area contributed by atoms with E-state index < -0.39 is 21.7 Å². The molecule has 1 aromatic heterocycles. The Morgan fingerprint density at radius 3 is 2.52 bits per heavy atom. The highest BCUT2D eigenvalue weighted by atomic mass is 32.2. The zero-order valence-corrected chi connectivity index (χ0v) is 17.5. The van der Waals surface area contributed by atoms with Gasteiger partial charge < -0.3 is 5.32 Å². The minimum atomic E-state index is -3.53. The van der Waals surface area contributed by atoms with Gasteiger partial charge in [0, 0.05) is 23.9 Å². The van der Waals surface area contributed by atoms with Gasteiger partial charge in [-0.15, -0.1) is 0 Å². The topological polar surface area (TPSA) is 93.1 Å². The second-order valence-electron chi connectivity index (χ2n) is 7.17. The molecule has 2 aromatic carbocycles. The third-order valence-electron chi connectivity index (χ3n) is 5.25. The van der Waals surface area contributed by atoms with Gasteiger partial charge in [0.25, 0.3) is 5.91 Å². The Hall–Kier alpha value is -3.11. The summed E-state index contributed by atoms with van der Waals surface area (Å²) in [5.41, 5.74) is 2.96. The number of rotatable bonds is 6. The summed E-state index contributed by atoms with van der Waals surface area (Å²) in [4.78, 5) is 12.9. The number of nitrogens with zero attached hydrogens (tertiary/aromatic N) is 2. The van der Waals surface area contributed by atoms with Crippen molar-refractivity contribution in [3.05, 3.63) is 76.6 Å². The van der Waals surface area contributed by atoms with E-state index in [9.17, 15) is 22.0 Å². The first kappa shape index (κ1) is 21.1. The fraction of sp³-hybridized carbons (Fsp3) is 0.238. The lowest BCUT2D eigenvalue weighted by atomic mass is 10.2. The van der Waals surface area contributed by atoms with Crippen LogP contribution in [0.5, 0.6) is 0 Å². The molecule has 0 aliphatic heterocycles. The molecule has 1 amide bonds. The minimum Gasteiger partial charge on any atom is -0.347 e. The van der Waals surface area contributed by atoms with Crippen molar-refractivity contribution < 1.29 is 22.0 Å². The van der Waals surface area contributed by atoms with Crippen LogP contribution in [0.4, 0.5) is 8.78 Å². The molecule has 0 bridgehead atoms. The number of carbonyl (C=O) groups is 1.